The number of anilines is 3. The molecule has 3 aromatic heterocycles. The van der Waals surface area contributed by atoms with Crippen molar-refractivity contribution in [3.63, 3.8) is 0 Å². The lowest BCUT2D eigenvalue weighted by molar-refractivity contribution is -0.117. The summed E-state index contributed by atoms with van der Waals surface area (Å²) in [6.45, 7) is 6.80. The molecule has 2 N–H and O–H groups in total. The lowest BCUT2D eigenvalue weighted by atomic mass is 9.98. The summed E-state index contributed by atoms with van der Waals surface area (Å²) < 4.78 is 7.23. The Bertz CT molecular complexity index is 1110. The van der Waals surface area contributed by atoms with E-state index in [0.29, 0.717) is 5.92 Å². The lowest BCUT2D eigenvalue weighted by Gasteiger charge is -2.28. The van der Waals surface area contributed by atoms with Gasteiger partial charge < -0.3 is 20.3 Å². The second kappa shape index (κ2) is 8.96. The number of carbonyl (C=O) groups excluding carboxylic acids is 1. The molecule has 0 unspecified atom stereocenters. The van der Waals surface area contributed by atoms with Crippen LogP contribution in [0.25, 0.3) is 5.65 Å². The molecule has 1 aliphatic heterocycles. The third-order valence-corrected chi connectivity index (χ3v) is 6.22. The summed E-state index contributed by atoms with van der Waals surface area (Å²) in [5.41, 5.74) is 3.89. The number of carbonyl (C=O) groups is 1. The predicted octanol–water partition coefficient (Wildman–Crippen LogP) is 2.64. The van der Waals surface area contributed by atoms with Crippen LogP contribution in [0.3, 0.4) is 0 Å². The molecule has 1 saturated heterocycles. The highest BCUT2D eigenvalue weighted by Gasteiger charge is 2.27. The fourth-order valence-corrected chi connectivity index (χ4v) is 4.54. The largest absolute Gasteiger partial charge is 0.378 e. The number of aromatic nitrogens is 4. The summed E-state index contributed by atoms with van der Waals surface area (Å²) in [7, 11) is 0. The third-order valence-electron chi connectivity index (χ3n) is 6.22. The van der Waals surface area contributed by atoms with Crippen molar-refractivity contribution in [2.45, 2.75) is 31.2 Å². The van der Waals surface area contributed by atoms with Gasteiger partial charge in [-0.25, -0.2) is 14.5 Å². The summed E-state index contributed by atoms with van der Waals surface area (Å²) in [5.74, 6) is 0.985. The Morgan fingerprint density at radius 2 is 2.09 bits per heavy atom. The maximum absolute atomic E-state index is 11.7. The molecule has 3 aromatic rings. The first-order valence-corrected chi connectivity index (χ1v) is 11.0. The first kappa shape index (κ1) is 20.4. The molecule has 1 aliphatic carbocycles. The van der Waals surface area contributed by atoms with Crippen LogP contribution in [0.4, 0.5) is 17.2 Å². The highest BCUT2D eigenvalue weighted by Crippen LogP contribution is 2.36. The fourth-order valence-electron chi connectivity index (χ4n) is 4.54. The quantitative estimate of drug-likeness (QED) is 0.577. The van der Waals surface area contributed by atoms with E-state index in [2.05, 4.69) is 49.3 Å². The van der Waals surface area contributed by atoms with E-state index in [1.165, 1.54) is 11.6 Å². The van der Waals surface area contributed by atoms with Gasteiger partial charge in [0.2, 0.25) is 5.91 Å². The van der Waals surface area contributed by atoms with Crippen molar-refractivity contribution in [1.82, 2.24) is 24.9 Å². The summed E-state index contributed by atoms with van der Waals surface area (Å²) in [4.78, 5) is 23.0. The van der Waals surface area contributed by atoms with Crippen molar-refractivity contribution in [2.24, 2.45) is 0 Å². The van der Waals surface area contributed by atoms with E-state index >= 15 is 0 Å². The Labute approximate surface area is 186 Å². The highest BCUT2D eigenvalue weighted by molar-refractivity contribution is 5.87. The number of fused-ring (bicyclic) bond motifs is 1. The number of morpholine rings is 1. The Hall–Kier alpha value is -3.46. The first-order chi connectivity index (χ1) is 15.7. The molecule has 2 aliphatic rings. The smallest absolute Gasteiger partial charge is 0.243 e. The number of nitrogens with one attached hydrogen (secondary N) is 2. The van der Waals surface area contributed by atoms with E-state index in [1.54, 1.807) is 10.8 Å². The van der Waals surface area contributed by atoms with Gasteiger partial charge in [-0.15, -0.1) is 0 Å². The molecule has 4 heterocycles. The zero-order valence-corrected chi connectivity index (χ0v) is 17.9. The average Bonchev–Trinajstić information content (AvgIpc) is 3.50. The van der Waals surface area contributed by atoms with Gasteiger partial charge in [-0.2, -0.15) is 5.10 Å². The monoisotopic (exact) mass is 433 g/mol. The van der Waals surface area contributed by atoms with Crippen LogP contribution in [0.5, 0.6) is 0 Å². The Morgan fingerprint density at radius 1 is 1.22 bits per heavy atom. The minimum atomic E-state index is -0.115. The second-order valence-corrected chi connectivity index (χ2v) is 8.26. The summed E-state index contributed by atoms with van der Waals surface area (Å²) >= 11 is 0. The molecular weight excluding hydrogens is 406 g/mol. The standard InChI is InChI=1S/C23H27N7O2/c1-2-22(31)27-18-4-3-16(11-18)17-12-20(23-25-15-26-30(23)14-17)28-21-6-5-19(13-24-21)29-7-9-32-10-8-29/h2,5-6,12-16,18H,1,3-4,7-11H2,(H,24,28)(H,27,31)/t16-,18+/m1/s1. The van der Waals surface area contributed by atoms with Crippen LogP contribution in [0.15, 0.2) is 49.6 Å². The predicted molar refractivity (Wildman–Crippen MR) is 122 cm³/mol. The minimum absolute atomic E-state index is 0.115. The molecule has 1 saturated carbocycles. The maximum Gasteiger partial charge on any atom is 0.243 e. The highest BCUT2D eigenvalue weighted by atomic mass is 16.5. The summed E-state index contributed by atoms with van der Waals surface area (Å²) in [6.07, 6.45) is 9.66. The molecule has 9 nitrogen and oxygen atoms in total. The molecule has 9 heteroatoms. The van der Waals surface area contributed by atoms with E-state index < -0.39 is 0 Å². The number of hydrogen-bond donors (Lipinski definition) is 2. The van der Waals surface area contributed by atoms with Crippen molar-refractivity contribution in [2.75, 3.05) is 36.5 Å². The van der Waals surface area contributed by atoms with Crippen LogP contribution >= 0.6 is 0 Å². The van der Waals surface area contributed by atoms with Crippen molar-refractivity contribution in [1.29, 1.82) is 0 Å². The lowest BCUT2D eigenvalue weighted by Crippen LogP contribution is -2.36. The second-order valence-electron chi connectivity index (χ2n) is 8.26. The fraction of sp³-hybridized carbons (Fsp3) is 0.391. The molecule has 166 valence electrons. The number of pyridine rings is 2. The minimum Gasteiger partial charge on any atom is -0.378 e. The van der Waals surface area contributed by atoms with E-state index in [0.717, 1.165) is 68.4 Å². The Kier molecular flexibility index (Phi) is 5.72. The first-order valence-electron chi connectivity index (χ1n) is 11.0. The van der Waals surface area contributed by atoms with Gasteiger partial charge in [0.05, 0.1) is 30.8 Å². The van der Waals surface area contributed by atoms with Crippen LogP contribution in [0.1, 0.15) is 30.7 Å². The van der Waals surface area contributed by atoms with Gasteiger partial charge in [0.25, 0.3) is 0 Å². The molecule has 2 fully saturated rings. The van der Waals surface area contributed by atoms with Crippen LogP contribution in [-0.4, -0.2) is 57.8 Å². The van der Waals surface area contributed by atoms with Gasteiger partial charge in [0, 0.05) is 25.3 Å². The van der Waals surface area contributed by atoms with Crippen molar-refractivity contribution in [3.05, 3.63) is 55.1 Å². The maximum atomic E-state index is 11.7. The van der Waals surface area contributed by atoms with E-state index in [9.17, 15) is 4.79 Å². The number of ether oxygens (including phenoxy) is 1. The number of rotatable bonds is 6. The zero-order valence-electron chi connectivity index (χ0n) is 17.9. The molecule has 0 aromatic carbocycles. The molecule has 0 radical (unpaired) electrons. The Morgan fingerprint density at radius 3 is 2.88 bits per heavy atom. The van der Waals surface area contributed by atoms with Gasteiger partial charge in [-0.05, 0) is 55.0 Å². The van der Waals surface area contributed by atoms with Gasteiger partial charge in [0.15, 0.2) is 5.65 Å². The third kappa shape index (κ3) is 4.29. The number of amides is 1. The summed E-state index contributed by atoms with van der Waals surface area (Å²) in [5, 5.41) is 10.8. The molecule has 5 rings (SSSR count). The molecule has 32 heavy (non-hydrogen) atoms. The summed E-state index contributed by atoms with van der Waals surface area (Å²) in [6, 6.07) is 6.36. The molecule has 1 amide bonds. The topological polar surface area (TPSA) is 96.7 Å². The SMILES string of the molecule is C=CC(=O)N[C@H]1CC[C@@H](c2cc(Nc3ccc(N4CCOCC4)cn3)c3ncnn3c2)C1. The normalized spacial score (nSPS) is 20.9. The van der Waals surface area contributed by atoms with Gasteiger partial charge >= 0.3 is 0 Å². The Balaban J connectivity index is 1.34. The zero-order chi connectivity index (χ0) is 21.9. The molecule has 0 spiro atoms. The molecule has 0 bridgehead atoms. The molecule has 2 atom stereocenters. The van der Waals surface area contributed by atoms with E-state index in [-0.39, 0.29) is 11.9 Å². The average molecular weight is 434 g/mol. The van der Waals surface area contributed by atoms with E-state index in [1.807, 2.05) is 18.5 Å². The van der Waals surface area contributed by atoms with E-state index in [4.69, 9.17) is 4.74 Å². The van der Waals surface area contributed by atoms with Gasteiger partial charge in [-0.3, -0.25) is 4.79 Å². The van der Waals surface area contributed by atoms with Gasteiger partial charge in [0.1, 0.15) is 12.1 Å². The van der Waals surface area contributed by atoms with Crippen molar-refractivity contribution < 1.29 is 9.53 Å². The van der Waals surface area contributed by atoms with Crippen molar-refractivity contribution >= 4 is 28.7 Å². The number of hydrogen-bond acceptors (Lipinski definition) is 7. The van der Waals surface area contributed by atoms with Crippen LogP contribution in [0, 0.1) is 0 Å². The van der Waals surface area contributed by atoms with Gasteiger partial charge in [-0.1, -0.05) is 6.58 Å². The number of nitrogens with zero attached hydrogens (tertiary/aromatic N) is 5. The van der Waals surface area contributed by atoms with Crippen LogP contribution in [-0.2, 0) is 9.53 Å². The van der Waals surface area contributed by atoms with Crippen molar-refractivity contribution in [3.8, 4) is 0 Å². The molecular formula is C23H27N7O2. The van der Waals surface area contributed by atoms with Crippen LogP contribution < -0.4 is 15.5 Å². The van der Waals surface area contributed by atoms with Crippen LogP contribution in [0.2, 0.25) is 0 Å².